The van der Waals surface area contributed by atoms with E-state index in [1.165, 1.54) is 10.8 Å². The van der Waals surface area contributed by atoms with E-state index in [1.54, 1.807) is 13.8 Å². The molecule has 0 saturated carbocycles. The molecule has 7 nitrogen and oxygen atoms in total. The van der Waals surface area contributed by atoms with E-state index in [0.29, 0.717) is 12.2 Å². The number of hydrogen-bond acceptors (Lipinski definition) is 5. The van der Waals surface area contributed by atoms with Crippen molar-refractivity contribution in [1.82, 2.24) is 20.3 Å². The highest BCUT2D eigenvalue weighted by Crippen LogP contribution is 2.12. The van der Waals surface area contributed by atoms with Crippen LogP contribution < -0.4 is 5.32 Å². The molecule has 0 radical (unpaired) electrons. The van der Waals surface area contributed by atoms with Gasteiger partial charge in [0.15, 0.2) is 5.69 Å². The fraction of sp³-hybridized carbons (Fsp3) is 0.538. The minimum atomic E-state index is -0.574. The maximum absolute atomic E-state index is 11.9. The number of esters is 1. The van der Waals surface area contributed by atoms with Gasteiger partial charge < -0.3 is 10.1 Å². The van der Waals surface area contributed by atoms with Crippen LogP contribution in [-0.2, 0) is 9.53 Å². The summed E-state index contributed by atoms with van der Waals surface area (Å²) in [5.41, 5.74) is 0.611. The van der Waals surface area contributed by atoms with Crippen LogP contribution in [0.25, 0.3) is 0 Å². The average molecular weight is 280 g/mol. The Morgan fingerprint density at radius 3 is 2.85 bits per heavy atom. The van der Waals surface area contributed by atoms with Crippen LogP contribution in [0, 0.1) is 6.92 Å². The van der Waals surface area contributed by atoms with Crippen molar-refractivity contribution in [1.29, 1.82) is 0 Å². The molecule has 0 saturated heterocycles. The molecule has 20 heavy (non-hydrogen) atoms. The van der Waals surface area contributed by atoms with Crippen LogP contribution in [0.3, 0.4) is 0 Å². The minimum Gasteiger partial charge on any atom is -0.457 e. The van der Waals surface area contributed by atoms with Gasteiger partial charge in [0.2, 0.25) is 5.91 Å². The molecule has 0 aliphatic heterocycles. The highest BCUT2D eigenvalue weighted by atomic mass is 16.5. The number of hydrogen-bond donors (Lipinski definition) is 1. The molecule has 1 rings (SSSR count). The Bertz CT molecular complexity index is 496. The maximum atomic E-state index is 11.9. The first-order chi connectivity index (χ1) is 9.52. The largest absolute Gasteiger partial charge is 0.457 e. The quantitative estimate of drug-likeness (QED) is 0.595. The predicted octanol–water partition coefficient (Wildman–Crippen LogP) is 1.02. The Labute approximate surface area is 118 Å². The normalized spacial score (nSPS) is 11.8. The third kappa shape index (κ3) is 3.66. The Balaban J connectivity index is 2.82. The number of nitrogens with one attached hydrogen (secondary N) is 1. The highest BCUT2D eigenvalue weighted by molar-refractivity contribution is 5.88. The van der Waals surface area contributed by atoms with Gasteiger partial charge in [-0.15, -0.1) is 5.10 Å². The first kappa shape index (κ1) is 15.9. The molecular weight excluding hydrogens is 260 g/mol. The van der Waals surface area contributed by atoms with Gasteiger partial charge in [0, 0.05) is 6.54 Å². The third-order valence-corrected chi connectivity index (χ3v) is 2.75. The Hall–Kier alpha value is -2.18. The summed E-state index contributed by atoms with van der Waals surface area (Å²) in [6.45, 7) is 9.52. The lowest BCUT2D eigenvalue weighted by molar-refractivity contribution is -0.124. The Kier molecular flexibility index (Phi) is 5.89. The van der Waals surface area contributed by atoms with Crippen molar-refractivity contribution in [3.8, 4) is 0 Å². The van der Waals surface area contributed by atoms with Gasteiger partial charge in [0.05, 0.1) is 5.69 Å². The molecule has 1 unspecified atom stereocenters. The summed E-state index contributed by atoms with van der Waals surface area (Å²) in [6.07, 6.45) is 2.33. The molecule has 1 amide bonds. The third-order valence-electron chi connectivity index (χ3n) is 2.75. The van der Waals surface area contributed by atoms with Crippen molar-refractivity contribution >= 4 is 11.9 Å². The van der Waals surface area contributed by atoms with Crippen LogP contribution in [-0.4, -0.2) is 40.0 Å². The zero-order valence-electron chi connectivity index (χ0n) is 12.0. The molecular formula is C13H20N4O3. The second-order valence-electron chi connectivity index (χ2n) is 4.32. The smallest absolute Gasteiger partial charge is 0.361 e. The van der Waals surface area contributed by atoms with Crippen LogP contribution in [0.5, 0.6) is 0 Å². The number of amides is 1. The van der Waals surface area contributed by atoms with E-state index in [1.807, 2.05) is 6.92 Å². The summed E-state index contributed by atoms with van der Waals surface area (Å²) >= 11 is 0. The second-order valence-corrected chi connectivity index (χ2v) is 4.32. The standard InChI is InChI=1S/C13H20N4O3/c1-5-7-14-12(18)10(4)17-9(3)11(15-16-17)13(19)20-8-6-2/h6,10H,2,5,7-8H2,1,3-4H3,(H,14,18). The highest BCUT2D eigenvalue weighted by Gasteiger charge is 2.23. The van der Waals surface area contributed by atoms with Gasteiger partial charge in [0.25, 0.3) is 0 Å². The summed E-state index contributed by atoms with van der Waals surface area (Å²) in [6, 6.07) is -0.532. The van der Waals surface area contributed by atoms with Gasteiger partial charge in [-0.05, 0) is 20.3 Å². The Morgan fingerprint density at radius 2 is 2.25 bits per heavy atom. The van der Waals surface area contributed by atoms with E-state index in [4.69, 9.17) is 4.74 Å². The molecule has 1 N–H and O–H groups in total. The number of nitrogens with zero attached hydrogens (tertiary/aromatic N) is 3. The van der Waals surface area contributed by atoms with E-state index < -0.39 is 12.0 Å². The first-order valence-electron chi connectivity index (χ1n) is 6.50. The number of ether oxygens (including phenoxy) is 1. The van der Waals surface area contributed by atoms with E-state index in [-0.39, 0.29) is 18.2 Å². The van der Waals surface area contributed by atoms with E-state index >= 15 is 0 Å². The Morgan fingerprint density at radius 1 is 1.55 bits per heavy atom. The number of carbonyl (C=O) groups is 2. The van der Waals surface area contributed by atoms with Gasteiger partial charge in [-0.1, -0.05) is 24.8 Å². The lowest BCUT2D eigenvalue weighted by atomic mass is 10.2. The molecule has 0 aromatic carbocycles. The van der Waals surface area contributed by atoms with Gasteiger partial charge in [-0.3, -0.25) is 4.79 Å². The summed E-state index contributed by atoms with van der Waals surface area (Å²) in [7, 11) is 0. The van der Waals surface area contributed by atoms with Crippen LogP contribution in [0.15, 0.2) is 12.7 Å². The van der Waals surface area contributed by atoms with Crippen molar-refractivity contribution in [3.63, 3.8) is 0 Å². The molecule has 0 spiro atoms. The molecule has 1 aromatic rings. The lowest BCUT2D eigenvalue weighted by Gasteiger charge is -2.13. The van der Waals surface area contributed by atoms with Crippen molar-refractivity contribution in [3.05, 3.63) is 24.0 Å². The molecule has 0 aliphatic rings. The predicted molar refractivity (Wildman–Crippen MR) is 73.3 cm³/mol. The summed E-state index contributed by atoms with van der Waals surface area (Å²) in [5, 5.41) is 10.4. The molecule has 0 bridgehead atoms. The molecule has 0 aliphatic carbocycles. The summed E-state index contributed by atoms with van der Waals surface area (Å²) < 4.78 is 6.32. The van der Waals surface area contributed by atoms with E-state index in [9.17, 15) is 9.59 Å². The van der Waals surface area contributed by atoms with E-state index in [0.717, 1.165) is 6.42 Å². The molecule has 1 aromatic heterocycles. The monoisotopic (exact) mass is 280 g/mol. The van der Waals surface area contributed by atoms with Gasteiger partial charge in [0.1, 0.15) is 12.6 Å². The number of aromatic nitrogens is 3. The molecule has 1 atom stereocenters. The SMILES string of the molecule is C=CCOC(=O)c1nnn(C(C)C(=O)NCCC)c1C. The van der Waals surface area contributed by atoms with Gasteiger partial charge >= 0.3 is 5.97 Å². The fourth-order valence-electron chi connectivity index (χ4n) is 1.61. The van der Waals surface area contributed by atoms with Gasteiger partial charge in [-0.2, -0.15) is 0 Å². The number of rotatable bonds is 7. The summed E-state index contributed by atoms with van der Waals surface area (Å²) in [5.74, 6) is -0.735. The zero-order valence-corrected chi connectivity index (χ0v) is 12.0. The maximum Gasteiger partial charge on any atom is 0.361 e. The van der Waals surface area contributed by atoms with Crippen LogP contribution in [0.1, 0.15) is 42.5 Å². The summed E-state index contributed by atoms with van der Waals surface area (Å²) in [4.78, 5) is 23.6. The molecule has 7 heteroatoms. The van der Waals surface area contributed by atoms with Crippen molar-refractivity contribution < 1.29 is 14.3 Å². The molecule has 1 heterocycles. The van der Waals surface area contributed by atoms with Crippen molar-refractivity contribution in [2.45, 2.75) is 33.2 Å². The fourth-order valence-corrected chi connectivity index (χ4v) is 1.61. The molecule has 110 valence electrons. The minimum absolute atomic E-state index is 0.109. The average Bonchev–Trinajstić information content (AvgIpc) is 2.83. The van der Waals surface area contributed by atoms with Crippen LogP contribution in [0.4, 0.5) is 0 Å². The van der Waals surface area contributed by atoms with Crippen LogP contribution in [0.2, 0.25) is 0 Å². The second kappa shape index (κ2) is 7.42. The topological polar surface area (TPSA) is 86.1 Å². The molecule has 0 fully saturated rings. The first-order valence-corrected chi connectivity index (χ1v) is 6.50. The van der Waals surface area contributed by atoms with Crippen molar-refractivity contribution in [2.24, 2.45) is 0 Å². The number of carbonyl (C=O) groups excluding carboxylic acids is 2. The van der Waals surface area contributed by atoms with Crippen molar-refractivity contribution in [2.75, 3.05) is 13.2 Å². The van der Waals surface area contributed by atoms with E-state index in [2.05, 4.69) is 22.2 Å². The van der Waals surface area contributed by atoms with Gasteiger partial charge in [-0.25, -0.2) is 9.48 Å². The lowest BCUT2D eigenvalue weighted by Crippen LogP contribution is -2.32. The zero-order chi connectivity index (χ0) is 15.1. The van der Waals surface area contributed by atoms with Crippen LogP contribution >= 0.6 is 0 Å².